The van der Waals surface area contributed by atoms with E-state index in [1.165, 1.54) is 4.57 Å². The minimum absolute atomic E-state index is 0.0750. The molecule has 134 valence electrons. The zero-order valence-corrected chi connectivity index (χ0v) is 14.0. The van der Waals surface area contributed by atoms with Crippen molar-refractivity contribution in [2.24, 2.45) is 5.41 Å². The number of hydrogen-bond acceptors (Lipinski definition) is 3. The molecular weight excluding hydrogens is 343 g/mol. The molecule has 7 heteroatoms. The molecule has 4 nitrogen and oxygen atoms in total. The van der Waals surface area contributed by atoms with Crippen molar-refractivity contribution in [1.82, 2.24) is 14.5 Å². The van der Waals surface area contributed by atoms with E-state index in [9.17, 15) is 18.0 Å². The average molecular weight is 359 g/mol. The van der Waals surface area contributed by atoms with E-state index in [4.69, 9.17) is 0 Å². The SMILES string of the molecule is CC1(C(F)(F)F)CCc2nc3cc(-c4ccccn4)ccc3c(=O)n2C1. The number of alkyl halides is 3. The van der Waals surface area contributed by atoms with Crippen LogP contribution in [0.5, 0.6) is 0 Å². The van der Waals surface area contributed by atoms with Crippen LogP contribution in [0.15, 0.2) is 47.4 Å². The van der Waals surface area contributed by atoms with Gasteiger partial charge in [-0.05, 0) is 37.6 Å². The maximum absolute atomic E-state index is 13.4. The molecule has 2 aromatic heterocycles. The summed E-state index contributed by atoms with van der Waals surface area (Å²) in [4.78, 5) is 21.5. The van der Waals surface area contributed by atoms with Crippen LogP contribution in [0.2, 0.25) is 0 Å². The smallest absolute Gasteiger partial charge is 0.295 e. The van der Waals surface area contributed by atoms with Crippen LogP contribution in [0.1, 0.15) is 19.2 Å². The van der Waals surface area contributed by atoms with Gasteiger partial charge in [-0.15, -0.1) is 0 Å². The summed E-state index contributed by atoms with van der Waals surface area (Å²) in [5.74, 6) is 0.405. The van der Waals surface area contributed by atoms with Gasteiger partial charge in [-0.2, -0.15) is 13.2 Å². The van der Waals surface area contributed by atoms with Crippen LogP contribution in [0.25, 0.3) is 22.2 Å². The maximum atomic E-state index is 13.4. The minimum Gasteiger partial charge on any atom is -0.295 e. The number of fused-ring (bicyclic) bond motifs is 2. The summed E-state index contributed by atoms with van der Waals surface area (Å²) in [5, 5.41) is 0.319. The van der Waals surface area contributed by atoms with Gasteiger partial charge >= 0.3 is 6.18 Å². The molecule has 1 aliphatic heterocycles. The molecule has 0 fully saturated rings. The predicted molar refractivity (Wildman–Crippen MR) is 91.7 cm³/mol. The first kappa shape index (κ1) is 16.8. The summed E-state index contributed by atoms with van der Waals surface area (Å²) in [6, 6.07) is 10.6. The fourth-order valence-corrected chi connectivity index (χ4v) is 3.36. The van der Waals surface area contributed by atoms with Crippen LogP contribution < -0.4 is 5.56 Å². The lowest BCUT2D eigenvalue weighted by molar-refractivity contribution is -0.228. The Morgan fingerprint density at radius 3 is 2.69 bits per heavy atom. The third-order valence-corrected chi connectivity index (χ3v) is 5.09. The van der Waals surface area contributed by atoms with Crippen molar-refractivity contribution < 1.29 is 13.2 Å². The van der Waals surface area contributed by atoms with Gasteiger partial charge in [0.15, 0.2) is 0 Å². The van der Waals surface area contributed by atoms with Gasteiger partial charge in [-0.1, -0.05) is 12.1 Å². The molecule has 0 saturated heterocycles. The molecule has 1 aromatic carbocycles. The summed E-state index contributed by atoms with van der Waals surface area (Å²) >= 11 is 0. The second kappa shape index (κ2) is 5.65. The van der Waals surface area contributed by atoms with E-state index < -0.39 is 23.7 Å². The molecule has 1 unspecified atom stereocenters. The average Bonchev–Trinajstić information content (AvgIpc) is 2.62. The van der Waals surface area contributed by atoms with Gasteiger partial charge in [-0.3, -0.25) is 14.3 Å². The molecule has 3 heterocycles. The van der Waals surface area contributed by atoms with Crippen molar-refractivity contribution in [1.29, 1.82) is 0 Å². The molecule has 0 saturated carbocycles. The summed E-state index contributed by atoms with van der Waals surface area (Å²) in [5.41, 5.74) is -0.287. The van der Waals surface area contributed by atoms with E-state index in [0.717, 1.165) is 18.2 Å². The third kappa shape index (κ3) is 2.58. The Morgan fingerprint density at radius 2 is 2.00 bits per heavy atom. The summed E-state index contributed by atoms with van der Waals surface area (Å²) in [7, 11) is 0. The molecule has 26 heavy (non-hydrogen) atoms. The highest BCUT2D eigenvalue weighted by Gasteiger charge is 2.52. The molecule has 0 radical (unpaired) electrons. The third-order valence-electron chi connectivity index (χ3n) is 5.09. The molecule has 1 aliphatic rings. The Labute approximate surface area is 147 Å². The minimum atomic E-state index is -4.36. The number of halogens is 3. The number of aryl methyl sites for hydroxylation is 1. The fourth-order valence-electron chi connectivity index (χ4n) is 3.36. The normalized spacial score (nSPS) is 20.2. The number of hydrogen-bond donors (Lipinski definition) is 0. The van der Waals surface area contributed by atoms with Gasteiger partial charge in [-0.25, -0.2) is 4.98 Å². The summed E-state index contributed by atoms with van der Waals surface area (Å²) in [6.07, 6.45) is -2.64. The fraction of sp³-hybridized carbons (Fsp3) is 0.316. The van der Waals surface area contributed by atoms with Crippen LogP contribution in [-0.4, -0.2) is 20.7 Å². The molecular formula is C19H16F3N3O. The largest absolute Gasteiger partial charge is 0.395 e. The number of pyridine rings is 1. The van der Waals surface area contributed by atoms with Crippen molar-refractivity contribution in [3.05, 3.63) is 58.8 Å². The first-order valence-corrected chi connectivity index (χ1v) is 8.30. The maximum Gasteiger partial charge on any atom is 0.395 e. The molecule has 3 aromatic rings. The Balaban J connectivity index is 1.84. The van der Waals surface area contributed by atoms with Gasteiger partial charge in [0.25, 0.3) is 5.56 Å². The standard InChI is InChI=1S/C19H16F3N3O/c1-18(19(20,21)22)8-7-16-24-15-10-12(14-4-2-3-9-23-14)5-6-13(15)17(26)25(16)11-18/h2-6,9-10H,7-8,11H2,1H3. The highest BCUT2D eigenvalue weighted by molar-refractivity contribution is 5.83. The van der Waals surface area contributed by atoms with E-state index in [1.54, 1.807) is 24.4 Å². The number of rotatable bonds is 1. The van der Waals surface area contributed by atoms with Gasteiger partial charge in [0.2, 0.25) is 0 Å². The van der Waals surface area contributed by atoms with Gasteiger partial charge in [0, 0.05) is 24.7 Å². The zero-order valence-electron chi connectivity index (χ0n) is 14.0. The first-order chi connectivity index (χ1) is 12.3. The quantitative estimate of drug-likeness (QED) is 0.660. The molecule has 0 aliphatic carbocycles. The summed E-state index contributed by atoms with van der Waals surface area (Å²) < 4.78 is 41.3. The highest BCUT2D eigenvalue weighted by Crippen LogP contribution is 2.44. The van der Waals surface area contributed by atoms with Gasteiger partial charge in [0.05, 0.1) is 22.0 Å². The highest BCUT2D eigenvalue weighted by atomic mass is 19.4. The van der Waals surface area contributed by atoms with Crippen molar-refractivity contribution >= 4 is 10.9 Å². The van der Waals surface area contributed by atoms with Crippen molar-refractivity contribution in [3.63, 3.8) is 0 Å². The zero-order chi connectivity index (χ0) is 18.5. The monoisotopic (exact) mass is 359 g/mol. The van der Waals surface area contributed by atoms with Crippen molar-refractivity contribution in [3.8, 4) is 11.3 Å². The number of aromatic nitrogens is 3. The molecule has 1 atom stereocenters. The predicted octanol–water partition coefficient (Wildman–Crippen LogP) is 3.97. The topological polar surface area (TPSA) is 47.8 Å². The second-order valence-corrected chi connectivity index (χ2v) is 6.92. The number of nitrogens with zero attached hydrogens (tertiary/aromatic N) is 3. The van der Waals surface area contributed by atoms with E-state index in [2.05, 4.69) is 9.97 Å². The Kier molecular flexibility index (Phi) is 3.64. The van der Waals surface area contributed by atoms with Crippen LogP contribution in [0, 0.1) is 5.41 Å². The van der Waals surface area contributed by atoms with Gasteiger partial charge < -0.3 is 0 Å². The molecule has 0 N–H and O–H groups in total. The number of benzene rings is 1. The summed E-state index contributed by atoms with van der Waals surface area (Å²) in [6.45, 7) is 0.770. The van der Waals surface area contributed by atoms with Crippen LogP contribution >= 0.6 is 0 Å². The van der Waals surface area contributed by atoms with Crippen LogP contribution in [-0.2, 0) is 13.0 Å². The first-order valence-electron chi connectivity index (χ1n) is 8.30. The molecule has 0 bridgehead atoms. The Bertz CT molecular complexity index is 1040. The Morgan fingerprint density at radius 1 is 1.19 bits per heavy atom. The molecule has 0 spiro atoms. The molecule has 4 rings (SSSR count). The lowest BCUT2D eigenvalue weighted by Gasteiger charge is -2.36. The van der Waals surface area contributed by atoms with Crippen LogP contribution in [0.4, 0.5) is 13.2 Å². The van der Waals surface area contributed by atoms with Gasteiger partial charge in [0.1, 0.15) is 5.82 Å². The second-order valence-electron chi connectivity index (χ2n) is 6.92. The van der Waals surface area contributed by atoms with Crippen molar-refractivity contribution in [2.45, 2.75) is 32.5 Å². The van der Waals surface area contributed by atoms with E-state index in [1.807, 2.05) is 18.2 Å². The van der Waals surface area contributed by atoms with E-state index in [-0.39, 0.29) is 12.8 Å². The van der Waals surface area contributed by atoms with Crippen LogP contribution in [0.3, 0.4) is 0 Å². The van der Waals surface area contributed by atoms with Crippen molar-refractivity contribution in [2.75, 3.05) is 0 Å². The Hall–Kier alpha value is -2.70. The lowest BCUT2D eigenvalue weighted by Crippen LogP contribution is -2.46. The lowest BCUT2D eigenvalue weighted by atomic mass is 9.82. The van der Waals surface area contributed by atoms with E-state index in [0.29, 0.717) is 16.7 Å². The van der Waals surface area contributed by atoms with E-state index >= 15 is 0 Å². The molecule has 0 amide bonds.